The van der Waals surface area contributed by atoms with Gasteiger partial charge < -0.3 is 24.7 Å². The quantitative estimate of drug-likeness (QED) is 0.617. The minimum absolute atomic E-state index is 0.111. The Kier molecular flexibility index (Phi) is 7.96. The summed E-state index contributed by atoms with van der Waals surface area (Å²) in [7, 11) is 1.46. The van der Waals surface area contributed by atoms with E-state index in [4.69, 9.17) is 9.15 Å². The summed E-state index contributed by atoms with van der Waals surface area (Å²) in [5, 5.41) is 5.28. The average molecular weight is 401 g/mol. The molecule has 9 nitrogen and oxygen atoms in total. The first-order chi connectivity index (χ1) is 13.9. The number of nitrogens with one attached hydrogen (secondary N) is 2. The standard InChI is InChI=1S/C20H23N3O6/c1-3-10-21-17(24)12-23(2)18(25)13-29-20(27)14-6-8-15(9-7-14)22-19(26)16-5-4-11-28-16/h4-9,11H,3,10,12-13H2,1-2H3,(H,21,24)(H,22,26). The molecule has 2 rings (SSSR count). The fourth-order valence-electron chi connectivity index (χ4n) is 2.23. The van der Waals surface area contributed by atoms with E-state index >= 15 is 0 Å². The molecule has 0 bridgehead atoms. The van der Waals surface area contributed by atoms with Crippen LogP contribution in [0.3, 0.4) is 0 Å². The first-order valence-electron chi connectivity index (χ1n) is 9.03. The molecule has 29 heavy (non-hydrogen) atoms. The molecule has 0 aliphatic rings. The molecule has 0 unspecified atom stereocenters. The molecular weight excluding hydrogens is 378 g/mol. The fraction of sp³-hybridized carbons (Fsp3) is 0.300. The molecule has 0 aliphatic carbocycles. The van der Waals surface area contributed by atoms with Gasteiger partial charge in [-0.15, -0.1) is 0 Å². The number of carbonyl (C=O) groups excluding carboxylic acids is 4. The van der Waals surface area contributed by atoms with E-state index in [2.05, 4.69) is 10.6 Å². The van der Waals surface area contributed by atoms with Gasteiger partial charge in [0.25, 0.3) is 11.8 Å². The van der Waals surface area contributed by atoms with Crippen molar-refractivity contribution in [2.45, 2.75) is 13.3 Å². The maximum absolute atomic E-state index is 12.1. The van der Waals surface area contributed by atoms with Gasteiger partial charge in [-0.25, -0.2) is 4.79 Å². The second-order valence-electron chi connectivity index (χ2n) is 6.18. The summed E-state index contributed by atoms with van der Waals surface area (Å²) < 4.78 is 9.99. The van der Waals surface area contributed by atoms with Crippen molar-refractivity contribution in [2.24, 2.45) is 0 Å². The van der Waals surface area contributed by atoms with Crippen LogP contribution in [0.15, 0.2) is 47.1 Å². The number of ether oxygens (including phenoxy) is 1. The summed E-state index contributed by atoms with van der Waals surface area (Å²) in [4.78, 5) is 48.8. The van der Waals surface area contributed by atoms with Gasteiger partial charge in [-0.3, -0.25) is 14.4 Å². The summed E-state index contributed by atoms with van der Waals surface area (Å²) in [6.07, 6.45) is 2.19. The maximum Gasteiger partial charge on any atom is 0.338 e. The molecule has 154 valence electrons. The summed E-state index contributed by atoms with van der Waals surface area (Å²) in [6.45, 7) is 1.87. The van der Waals surface area contributed by atoms with Crippen molar-refractivity contribution in [1.82, 2.24) is 10.2 Å². The predicted octanol–water partition coefficient (Wildman–Crippen LogP) is 1.67. The van der Waals surface area contributed by atoms with Gasteiger partial charge in [-0.1, -0.05) is 6.92 Å². The molecule has 0 saturated carbocycles. The van der Waals surface area contributed by atoms with Crippen molar-refractivity contribution in [3.63, 3.8) is 0 Å². The normalized spacial score (nSPS) is 10.1. The average Bonchev–Trinajstić information content (AvgIpc) is 3.25. The highest BCUT2D eigenvalue weighted by atomic mass is 16.5. The van der Waals surface area contributed by atoms with Crippen molar-refractivity contribution in [3.8, 4) is 0 Å². The van der Waals surface area contributed by atoms with Crippen molar-refractivity contribution < 1.29 is 28.3 Å². The summed E-state index contributed by atoms with van der Waals surface area (Å²) in [6, 6.07) is 9.12. The van der Waals surface area contributed by atoms with Crippen molar-refractivity contribution in [3.05, 3.63) is 54.0 Å². The Balaban J connectivity index is 1.80. The lowest BCUT2D eigenvalue weighted by molar-refractivity contribution is -0.137. The van der Waals surface area contributed by atoms with Gasteiger partial charge in [0.1, 0.15) is 0 Å². The van der Waals surface area contributed by atoms with Crippen molar-refractivity contribution in [2.75, 3.05) is 32.1 Å². The van der Waals surface area contributed by atoms with E-state index in [9.17, 15) is 19.2 Å². The SMILES string of the molecule is CCCNC(=O)CN(C)C(=O)COC(=O)c1ccc(NC(=O)c2ccco2)cc1. The van der Waals surface area contributed by atoms with Crippen LogP contribution in [0, 0.1) is 0 Å². The summed E-state index contributed by atoms with van der Waals surface area (Å²) >= 11 is 0. The lowest BCUT2D eigenvalue weighted by atomic mass is 10.2. The Morgan fingerprint density at radius 2 is 1.83 bits per heavy atom. The number of carbonyl (C=O) groups is 4. The van der Waals surface area contributed by atoms with Crippen LogP contribution in [-0.2, 0) is 14.3 Å². The zero-order valence-corrected chi connectivity index (χ0v) is 16.3. The van der Waals surface area contributed by atoms with Crippen molar-refractivity contribution in [1.29, 1.82) is 0 Å². The highest BCUT2D eigenvalue weighted by molar-refractivity contribution is 6.02. The lowest BCUT2D eigenvalue weighted by Gasteiger charge is -2.16. The molecule has 9 heteroatoms. The van der Waals surface area contributed by atoms with E-state index in [1.165, 1.54) is 48.5 Å². The number of hydrogen-bond donors (Lipinski definition) is 2. The number of likely N-dealkylation sites (N-methyl/N-ethyl adjacent to an activating group) is 1. The Labute approximate surface area is 168 Å². The van der Waals surface area contributed by atoms with Gasteiger partial charge in [0, 0.05) is 19.3 Å². The predicted molar refractivity (Wildman–Crippen MR) is 104 cm³/mol. The van der Waals surface area contributed by atoms with Crippen molar-refractivity contribution >= 4 is 29.4 Å². The van der Waals surface area contributed by atoms with Gasteiger partial charge in [0.05, 0.1) is 18.4 Å². The Hall–Kier alpha value is -3.62. The minimum Gasteiger partial charge on any atom is -0.459 e. The Morgan fingerprint density at radius 3 is 2.45 bits per heavy atom. The van der Waals surface area contributed by atoms with Crippen LogP contribution in [0.25, 0.3) is 0 Å². The fourth-order valence-corrected chi connectivity index (χ4v) is 2.23. The van der Waals surface area contributed by atoms with Crippen LogP contribution in [-0.4, -0.2) is 55.3 Å². The van der Waals surface area contributed by atoms with Crippen LogP contribution in [0.4, 0.5) is 5.69 Å². The van der Waals surface area contributed by atoms with E-state index in [0.29, 0.717) is 12.2 Å². The Bertz CT molecular complexity index is 846. The molecule has 0 fully saturated rings. The number of anilines is 1. The van der Waals surface area contributed by atoms with E-state index in [1.54, 1.807) is 6.07 Å². The molecule has 0 atom stereocenters. The number of benzene rings is 1. The number of amides is 3. The molecule has 1 aromatic heterocycles. The van der Waals surface area contributed by atoms with Crippen LogP contribution < -0.4 is 10.6 Å². The van der Waals surface area contributed by atoms with Gasteiger partial charge in [0.2, 0.25) is 5.91 Å². The van der Waals surface area contributed by atoms with Crippen LogP contribution in [0.5, 0.6) is 0 Å². The van der Waals surface area contributed by atoms with E-state index in [-0.39, 0.29) is 23.8 Å². The molecule has 1 aromatic carbocycles. The van der Waals surface area contributed by atoms with Gasteiger partial charge in [-0.2, -0.15) is 0 Å². The van der Waals surface area contributed by atoms with E-state index in [0.717, 1.165) is 6.42 Å². The molecular formula is C20H23N3O6. The first kappa shape index (κ1) is 21.7. The first-order valence-corrected chi connectivity index (χ1v) is 9.03. The third-order valence-electron chi connectivity index (χ3n) is 3.83. The number of nitrogens with zero attached hydrogens (tertiary/aromatic N) is 1. The maximum atomic E-state index is 12.1. The summed E-state index contributed by atoms with van der Waals surface area (Å²) in [5.74, 6) is -1.71. The zero-order valence-electron chi connectivity index (χ0n) is 16.3. The lowest BCUT2D eigenvalue weighted by Crippen LogP contribution is -2.40. The van der Waals surface area contributed by atoms with Crippen LogP contribution >= 0.6 is 0 Å². The Morgan fingerprint density at radius 1 is 1.10 bits per heavy atom. The largest absolute Gasteiger partial charge is 0.459 e. The third-order valence-corrected chi connectivity index (χ3v) is 3.83. The number of rotatable bonds is 9. The van der Waals surface area contributed by atoms with Gasteiger partial charge >= 0.3 is 5.97 Å². The molecule has 2 aromatic rings. The topological polar surface area (TPSA) is 118 Å². The number of esters is 1. The van der Waals surface area contributed by atoms with Crippen LogP contribution in [0.1, 0.15) is 34.3 Å². The second-order valence-corrected chi connectivity index (χ2v) is 6.18. The highest BCUT2D eigenvalue weighted by Crippen LogP contribution is 2.12. The van der Waals surface area contributed by atoms with Gasteiger partial charge in [-0.05, 0) is 42.8 Å². The second kappa shape index (κ2) is 10.6. The molecule has 2 N–H and O–H groups in total. The third kappa shape index (κ3) is 6.80. The smallest absolute Gasteiger partial charge is 0.338 e. The minimum atomic E-state index is -0.689. The van der Waals surface area contributed by atoms with E-state index < -0.39 is 24.4 Å². The van der Waals surface area contributed by atoms with Gasteiger partial charge in [0.15, 0.2) is 12.4 Å². The molecule has 0 spiro atoms. The van der Waals surface area contributed by atoms with E-state index in [1.807, 2.05) is 6.92 Å². The summed E-state index contributed by atoms with van der Waals surface area (Å²) in [5.41, 5.74) is 0.689. The molecule has 0 saturated heterocycles. The molecule has 1 heterocycles. The monoisotopic (exact) mass is 401 g/mol. The number of furan rings is 1. The molecule has 0 radical (unpaired) electrons. The van der Waals surface area contributed by atoms with Crippen LogP contribution in [0.2, 0.25) is 0 Å². The molecule has 0 aliphatic heterocycles. The zero-order chi connectivity index (χ0) is 21.2. The molecule has 3 amide bonds. The number of hydrogen-bond acceptors (Lipinski definition) is 6. The highest BCUT2D eigenvalue weighted by Gasteiger charge is 2.16.